The summed E-state index contributed by atoms with van der Waals surface area (Å²) in [5.41, 5.74) is 0.672. The summed E-state index contributed by atoms with van der Waals surface area (Å²) < 4.78 is 5.86. The third-order valence-corrected chi connectivity index (χ3v) is 6.57. The van der Waals surface area contributed by atoms with Crippen LogP contribution in [-0.4, -0.2) is 60.8 Å². The van der Waals surface area contributed by atoms with E-state index in [1.807, 2.05) is 43.3 Å². The van der Waals surface area contributed by atoms with E-state index in [-0.39, 0.29) is 24.0 Å². The predicted octanol–water partition coefficient (Wildman–Crippen LogP) is 4.71. The lowest BCUT2D eigenvalue weighted by Gasteiger charge is -2.22. The number of nitrogens with zero attached hydrogens (tertiary/aromatic N) is 4. The van der Waals surface area contributed by atoms with Gasteiger partial charge in [0.2, 0.25) is 5.91 Å². The van der Waals surface area contributed by atoms with E-state index < -0.39 is 4.92 Å². The molecule has 0 atom stereocenters. The van der Waals surface area contributed by atoms with Crippen molar-refractivity contribution in [1.29, 1.82) is 0 Å². The van der Waals surface area contributed by atoms with Crippen molar-refractivity contribution in [3.8, 4) is 5.75 Å². The van der Waals surface area contributed by atoms with E-state index >= 15 is 0 Å². The number of nitro benzene ring substituents is 1. The first-order chi connectivity index (χ1) is 14.9. The third-order valence-electron chi connectivity index (χ3n) is 4.52. The van der Waals surface area contributed by atoms with Crippen LogP contribution in [-0.2, 0) is 4.79 Å². The van der Waals surface area contributed by atoms with Crippen molar-refractivity contribution in [2.75, 3.05) is 44.9 Å². The summed E-state index contributed by atoms with van der Waals surface area (Å²) in [7, 11) is 5.52. The van der Waals surface area contributed by atoms with Crippen LogP contribution in [0, 0.1) is 10.1 Å². The molecule has 8 nitrogen and oxygen atoms in total. The number of hydrogen-bond donors (Lipinski definition) is 0. The van der Waals surface area contributed by atoms with E-state index in [0.29, 0.717) is 40.6 Å². The summed E-state index contributed by atoms with van der Waals surface area (Å²) in [6.45, 7) is 1.19. The number of anilines is 1. The molecule has 172 valence electrons. The standard InChI is InChI=1S/C21H24N4O4S2.ClH/c1-23(2)11-12-24(20(26)10-13-30-17-7-5-16(29-3)6-8-17)21-22-18-9-4-15(25(27)28)14-19(18)31-21;/h4-9,14H,10-13H2,1-3H3;1H. The van der Waals surface area contributed by atoms with Crippen LogP contribution < -0.4 is 9.64 Å². The minimum absolute atomic E-state index is 0. The molecule has 0 spiro atoms. The average molecular weight is 497 g/mol. The van der Waals surface area contributed by atoms with Gasteiger partial charge in [0.05, 0.1) is 22.2 Å². The Hall–Kier alpha value is -2.40. The second-order valence-corrected chi connectivity index (χ2v) is 9.21. The fraction of sp³-hybridized carbons (Fsp3) is 0.333. The molecule has 0 aliphatic heterocycles. The maximum atomic E-state index is 13.0. The van der Waals surface area contributed by atoms with Crippen molar-refractivity contribution in [3.05, 3.63) is 52.6 Å². The molecule has 0 N–H and O–H groups in total. The molecule has 0 unspecified atom stereocenters. The monoisotopic (exact) mass is 496 g/mol. The zero-order chi connectivity index (χ0) is 22.4. The number of halogens is 1. The number of methoxy groups -OCH3 is 1. The first-order valence-corrected chi connectivity index (χ1v) is 11.4. The summed E-state index contributed by atoms with van der Waals surface area (Å²) in [5.74, 6) is 1.42. The quantitative estimate of drug-likeness (QED) is 0.228. The summed E-state index contributed by atoms with van der Waals surface area (Å²) >= 11 is 2.91. The number of benzene rings is 2. The zero-order valence-corrected chi connectivity index (χ0v) is 20.5. The lowest BCUT2D eigenvalue weighted by Crippen LogP contribution is -2.36. The van der Waals surface area contributed by atoms with Gasteiger partial charge in [0.15, 0.2) is 5.13 Å². The van der Waals surface area contributed by atoms with Crippen LogP contribution in [0.3, 0.4) is 0 Å². The Bertz CT molecular complexity index is 1060. The molecule has 3 aromatic rings. The Balaban J connectivity index is 0.00000363. The maximum Gasteiger partial charge on any atom is 0.270 e. The molecule has 0 radical (unpaired) electrons. The number of hydrogen-bond acceptors (Lipinski definition) is 8. The molecule has 0 saturated carbocycles. The molecule has 0 saturated heterocycles. The number of aromatic nitrogens is 1. The Morgan fingerprint density at radius 3 is 2.53 bits per heavy atom. The van der Waals surface area contributed by atoms with Crippen LogP contribution in [0.15, 0.2) is 47.4 Å². The Kier molecular flexibility index (Phi) is 9.70. The highest BCUT2D eigenvalue weighted by Gasteiger charge is 2.20. The van der Waals surface area contributed by atoms with Crippen molar-refractivity contribution in [2.24, 2.45) is 0 Å². The van der Waals surface area contributed by atoms with Crippen molar-refractivity contribution >= 4 is 62.4 Å². The molecule has 1 amide bonds. The van der Waals surface area contributed by atoms with Gasteiger partial charge in [-0.15, -0.1) is 24.2 Å². The SMILES string of the molecule is COc1ccc(SCCC(=O)N(CCN(C)C)c2nc3ccc([N+](=O)[O-])cc3s2)cc1.Cl. The summed E-state index contributed by atoms with van der Waals surface area (Å²) in [5, 5.41) is 11.6. The largest absolute Gasteiger partial charge is 0.497 e. The Morgan fingerprint density at radius 1 is 1.19 bits per heavy atom. The second-order valence-electron chi connectivity index (χ2n) is 7.03. The lowest BCUT2D eigenvalue weighted by molar-refractivity contribution is -0.384. The van der Waals surface area contributed by atoms with Crippen LogP contribution in [0.1, 0.15) is 6.42 Å². The second kappa shape index (κ2) is 12.0. The van der Waals surface area contributed by atoms with Gasteiger partial charge in [-0.05, 0) is 44.4 Å². The first kappa shape index (κ1) is 25.9. The van der Waals surface area contributed by atoms with Gasteiger partial charge in [-0.1, -0.05) is 11.3 Å². The minimum atomic E-state index is -0.426. The van der Waals surface area contributed by atoms with E-state index in [1.165, 1.54) is 23.5 Å². The smallest absolute Gasteiger partial charge is 0.270 e. The van der Waals surface area contributed by atoms with Crippen LogP contribution in [0.2, 0.25) is 0 Å². The molecule has 0 aliphatic carbocycles. The molecule has 3 rings (SSSR count). The van der Waals surface area contributed by atoms with Gasteiger partial charge < -0.3 is 9.64 Å². The lowest BCUT2D eigenvalue weighted by atomic mass is 10.3. The average Bonchev–Trinajstić information content (AvgIpc) is 3.17. The highest BCUT2D eigenvalue weighted by atomic mass is 35.5. The van der Waals surface area contributed by atoms with E-state index in [1.54, 1.807) is 29.8 Å². The molecule has 0 bridgehead atoms. The highest BCUT2D eigenvalue weighted by Crippen LogP contribution is 2.32. The number of rotatable bonds is 10. The number of nitro groups is 1. The van der Waals surface area contributed by atoms with Crippen molar-refractivity contribution in [3.63, 3.8) is 0 Å². The molecular weight excluding hydrogens is 472 g/mol. The number of amides is 1. The van der Waals surface area contributed by atoms with Gasteiger partial charge in [-0.25, -0.2) is 4.98 Å². The van der Waals surface area contributed by atoms with E-state index in [4.69, 9.17) is 4.74 Å². The molecule has 11 heteroatoms. The number of non-ortho nitro benzene ring substituents is 1. The third kappa shape index (κ3) is 6.80. The zero-order valence-electron chi connectivity index (χ0n) is 18.0. The van der Waals surface area contributed by atoms with Crippen LogP contribution in [0.4, 0.5) is 10.8 Å². The molecule has 2 aromatic carbocycles. The topological polar surface area (TPSA) is 88.8 Å². The summed E-state index contributed by atoms with van der Waals surface area (Å²) in [6.07, 6.45) is 0.361. The van der Waals surface area contributed by atoms with Crippen LogP contribution >= 0.6 is 35.5 Å². The van der Waals surface area contributed by atoms with Crippen molar-refractivity contribution in [1.82, 2.24) is 9.88 Å². The van der Waals surface area contributed by atoms with Gasteiger partial charge >= 0.3 is 0 Å². The van der Waals surface area contributed by atoms with Crippen molar-refractivity contribution in [2.45, 2.75) is 11.3 Å². The van der Waals surface area contributed by atoms with Crippen molar-refractivity contribution < 1.29 is 14.5 Å². The van der Waals surface area contributed by atoms with E-state index in [2.05, 4.69) is 4.98 Å². The molecule has 0 aliphatic rings. The van der Waals surface area contributed by atoms with Gasteiger partial charge in [0.25, 0.3) is 5.69 Å². The first-order valence-electron chi connectivity index (χ1n) is 9.64. The van der Waals surface area contributed by atoms with Gasteiger partial charge in [-0.3, -0.25) is 19.8 Å². The predicted molar refractivity (Wildman–Crippen MR) is 133 cm³/mol. The molecule has 32 heavy (non-hydrogen) atoms. The maximum absolute atomic E-state index is 13.0. The number of carbonyl (C=O) groups excluding carboxylic acids is 1. The van der Waals surface area contributed by atoms with Gasteiger partial charge in [-0.2, -0.15) is 0 Å². The van der Waals surface area contributed by atoms with Gasteiger partial charge in [0, 0.05) is 42.3 Å². The molecule has 0 fully saturated rings. The minimum Gasteiger partial charge on any atom is -0.497 e. The Morgan fingerprint density at radius 2 is 1.91 bits per heavy atom. The number of thioether (sulfide) groups is 1. The normalized spacial score (nSPS) is 10.8. The van der Waals surface area contributed by atoms with Crippen LogP contribution in [0.25, 0.3) is 10.2 Å². The summed E-state index contributed by atoms with van der Waals surface area (Å²) in [6, 6.07) is 12.3. The fourth-order valence-corrected chi connectivity index (χ4v) is 4.70. The number of ether oxygens (including phenoxy) is 1. The van der Waals surface area contributed by atoms with E-state index in [0.717, 1.165) is 10.6 Å². The summed E-state index contributed by atoms with van der Waals surface area (Å²) in [4.78, 5) is 33.0. The number of carbonyl (C=O) groups is 1. The highest BCUT2D eigenvalue weighted by molar-refractivity contribution is 7.99. The molecular formula is C21H25ClN4O4S2. The molecule has 1 aromatic heterocycles. The molecule has 1 heterocycles. The number of fused-ring (bicyclic) bond motifs is 1. The van der Waals surface area contributed by atoms with E-state index in [9.17, 15) is 14.9 Å². The fourth-order valence-electron chi connectivity index (χ4n) is 2.82. The van der Waals surface area contributed by atoms with Gasteiger partial charge in [0.1, 0.15) is 5.75 Å². The van der Waals surface area contributed by atoms with Crippen LogP contribution in [0.5, 0.6) is 5.75 Å². The number of thiazole rings is 1. The Labute approximate surface area is 201 Å². The number of likely N-dealkylation sites (N-methyl/N-ethyl adjacent to an activating group) is 1.